The van der Waals surface area contributed by atoms with E-state index in [-0.39, 0.29) is 16.7 Å². The predicted octanol–water partition coefficient (Wildman–Crippen LogP) is 4.52. The summed E-state index contributed by atoms with van der Waals surface area (Å²) in [5, 5.41) is 6.74. The lowest BCUT2D eigenvalue weighted by Gasteiger charge is -2.29. The van der Waals surface area contributed by atoms with Crippen LogP contribution >= 0.6 is 11.8 Å². The molecule has 2 aliphatic rings. The quantitative estimate of drug-likeness (QED) is 0.562. The average Bonchev–Trinajstić information content (AvgIpc) is 3.40. The monoisotopic (exact) mass is 445 g/mol. The van der Waals surface area contributed by atoms with Crippen LogP contribution in [0.15, 0.2) is 59.5 Å². The second-order valence-corrected chi connectivity index (χ2v) is 9.18. The number of ether oxygens (including phenoxy) is 1. The zero-order valence-corrected chi connectivity index (χ0v) is 18.5. The van der Waals surface area contributed by atoms with Gasteiger partial charge in [0.1, 0.15) is 12.4 Å². The first kappa shape index (κ1) is 20.7. The van der Waals surface area contributed by atoms with Crippen LogP contribution in [0.1, 0.15) is 29.7 Å². The number of pyridine rings is 1. The molecule has 1 aromatic heterocycles. The topological polar surface area (TPSA) is 80.3 Å². The molecule has 2 aromatic carbocycles. The third-order valence-electron chi connectivity index (χ3n) is 5.96. The fourth-order valence-electron chi connectivity index (χ4n) is 4.26. The molecule has 0 bridgehead atoms. The standard InChI is InChI=1S/C25H23N3O3S/c1-16-13-22(27-20-6-3-2-5-19(16)20)25(11-4-12-26-25)15-31-18-9-7-17(8-10-18)14-21-23(29)28-24(30)32-21/h2-3,5-10,13-14,26H,4,11-12,15H2,1H3,(H,28,29,30)/t25-/m1/s1. The maximum atomic E-state index is 11.7. The molecule has 0 unspecified atom stereocenters. The van der Waals surface area contributed by atoms with Gasteiger partial charge in [-0.3, -0.25) is 19.9 Å². The molecule has 2 amide bonds. The van der Waals surface area contributed by atoms with E-state index in [9.17, 15) is 9.59 Å². The number of rotatable bonds is 5. The first-order chi connectivity index (χ1) is 15.5. The molecule has 162 valence electrons. The Labute approximate surface area is 190 Å². The minimum Gasteiger partial charge on any atom is -0.491 e. The van der Waals surface area contributed by atoms with Crippen molar-refractivity contribution in [2.75, 3.05) is 13.2 Å². The molecule has 1 atom stereocenters. The summed E-state index contributed by atoms with van der Waals surface area (Å²) in [6, 6.07) is 17.9. The Morgan fingerprint density at radius 1 is 1.16 bits per heavy atom. The number of fused-ring (bicyclic) bond motifs is 1. The highest BCUT2D eigenvalue weighted by Gasteiger charge is 2.38. The molecule has 2 saturated heterocycles. The van der Waals surface area contributed by atoms with Gasteiger partial charge in [-0.1, -0.05) is 30.3 Å². The molecule has 2 aliphatic heterocycles. The highest BCUT2D eigenvalue weighted by atomic mass is 32.2. The van der Waals surface area contributed by atoms with Crippen molar-refractivity contribution in [3.05, 3.63) is 76.3 Å². The highest BCUT2D eigenvalue weighted by Crippen LogP contribution is 2.33. The molecule has 3 heterocycles. The van der Waals surface area contributed by atoms with E-state index in [0.29, 0.717) is 11.5 Å². The molecular formula is C25H23N3O3S. The SMILES string of the molecule is Cc1cc([C@]2(COc3ccc(C=C4SC(=O)NC4=O)cc3)CCCN2)nc2ccccc12. The van der Waals surface area contributed by atoms with Crippen molar-refractivity contribution in [1.82, 2.24) is 15.6 Å². The molecule has 0 spiro atoms. The van der Waals surface area contributed by atoms with Crippen LogP contribution in [-0.4, -0.2) is 29.3 Å². The number of aryl methyl sites for hydroxylation is 1. The van der Waals surface area contributed by atoms with Gasteiger partial charge in [0.15, 0.2) is 0 Å². The van der Waals surface area contributed by atoms with E-state index in [4.69, 9.17) is 9.72 Å². The van der Waals surface area contributed by atoms with E-state index in [2.05, 4.69) is 35.8 Å². The van der Waals surface area contributed by atoms with Crippen molar-refractivity contribution < 1.29 is 14.3 Å². The van der Waals surface area contributed by atoms with Crippen LogP contribution in [0, 0.1) is 6.92 Å². The van der Waals surface area contributed by atoms with Gasteiger partial charge >= 0.3 is 0 Å². The van der Waals surface area contributed by atoms with Gasteiger partial charge in [0.05, 0.1) is 21.7 Å². The van der Waals surface area contributed by atoms with E-state index in [0.717, 1.165) is 53.7 Å². The van der Waals surface area contributed by atoms with Crippen LogP contribution in [0.4, 0.5) is 4.79 Å². The number of nitrogens with zero attached hydrogens (tertiary/aromatic N) is 1. The lowest BCUT2D eigenvalue weighted by molar-refractivity contribution is -0.115. The van der Waals surface area contributed by atoms with Crippen LogP contribution in [0.3, 0.4) is 0 Å². The van der Waals surface area contributed by atoms with Crippen molar-refractivity contribution in [2.24, 2.45) is 0 Å². The number of para-hydroxylation sites is 1. The van der Waals surface area contributed by atoms with Gasteiger partial charge in [-0.2, -0.15) is 0 Å². The Hall–Kier alpha value is -3.16. The van der Waals surface area contributed by atoms with E-state index in [1.165, 1.54) is 10.9 Å². The van der Waals surface area contributed by atoms with Gasteiger partial charge in [0.25, 0.3) is 11.1 Å². The van der Waals surface area contributed by atoms with E-state index < -0.39 is 0 Å². The fourth-order valence-corrected chi connectivity index (χ4v) is 4.94. The van der Waals surface area contributed by atoms with Crippen LogP contribution in [0.2, 0.25) is 0 Å². The Kier molecular flexibility index (Phi) is 5.45. The number of nitrogens with one attached hydrogen (secondary N) is 2. The lowest BCUT2D eigenvalue weighted by atomic mass is 9.91. The number of aromatic nitrogens is 1. The normalized spacial score (nSPS) is 22.0. The van der Waals surface area contributed by atoms with Crippen molar-refractivity contribution in [3.8, 4) is 5.75 Å². The van der Waals surface area contributed by atoms with Crippen molar-refractivity contribution in [2.45, 2.75) is 25.3 Å². The molecule has 32 heavy (non-hydrogen) atoms. The summed E-state index contributed by atoms with van der Waals surface area (Å²) in [6.45, 7) is 3.54. The van der Waals surface area contributed by atoms with Crippen LogP contribution in [0.25, 0.3) is 17.0 Å². The number of benzene rings is 2. The van der Waals surface area contributed by atoms with Gasteiger partial charge in [0.2, 0.25) is 0 Å². The number of amides is 2. The lowest BCUT2D eigenvalue weighted by Crippen LogP contribution is -2.43. The third kappa shape index (κ3) is 4.01. The number of carbonyl (C=O) groups is 2. The molecule has 0 radical (unpaired) electrons. The molecule has 2 fully saturated rings. The first-order valence-corrected chi connectivity index (χ1v) is 11.4. The largest absolute Gasteiger partial charge is 0.491 e. The smallest absolute Gasteiger partial charge is 0.290 e. The third-order valence-corrected chi connectivity index (χ3v) is 6.77. The predicted molar refractivity (Wildman–Crippen MR) is 126 cm³/mol. The summed E-state index contributed by atoms with van der Waals surface area (Å²) in [7, 11) is 0. The Balaban J connectivity index is 1.35. The zero-order valence-electron chi connectivity index (χ0n) is 17.7. The molecule has 5 rings (SSSR count). The number of imide groups is 1. The van der Waals surface area contributed by atoms with Gasteiger partial charge in [-0.25, -0.2) is 0 Å². The number of thioether (sulfide) groups is 1. The summed E-state index contributed by atoms with van der Waals surface area (Å²) in [5.74, 6) is 0.394. The minimum absolute atomic E-state index is 0.325. The maximum absolute atomic E-state index is 11.7. The van der Waals surface area contributed by atoms with Crippen molar-refractivity contribution >= 4 is 39.9 Å². The van der Waals surface area contributed by atoms with E-state index >= 15 is 0 Å². The summed E-state index contributed by atoms with van der Waals surface area (Å²) in [4.78, 5) is 28.4. The second-order valence-electron chi connectivity index (χ2n) is 8.16. The van der Waals surface area contributed by atoms with Gasteiger partial charge in [-0.15, -0.1) is 0 Å². The fraction of sp³-hybridized carbons (Fsp3) is 0.240. The molecule has 7 heteroatoms. The summed E-state index contributed by atoms with van der Waals surface area (Å²) in [5.41, 5.74) is 3.74. The molecule has 2 N–H and O–H groups in total. The minimum atomic E-state index is -0.354. The van der Waals surface area contributed by atoms with E-state index in [1.807, 2.05) is 36.4 Å². The van der Waals surface area contributed by atoms with Gasteiger partial charge in [0, 0.05) is 5.39 Å². The van der Waals surface area contributed by atoms with Crippen LogP contribution < -0.4 is 15.4 Å². The first-order valence-electron chi connectivity index (χ1n) is 10.6. The highest BCUT2D eigenvalue weighted by molar-refractivity contribution is 8.18. The molecule has 0 saturated carbocycles. The van der Waals surface area contributed by atoms with E-state index in [1.54, 1.807) is 6.08 Å². The Morgan fingerprint density at radius 2 is 1.97 bits per heavy atom. The number of carbonyl (C=O) groups excluding carboxylic acids is 2. The number of hydrogen-bond acceptors (Lipinski definition) is 6. The Morgan fingerprint density at radius 3 is 2.69 bits per heavy atom. The van der Waals surface area contributed by atoms with Crippen molar-refractivity contribution in [3.63, 3.8) is 0 Å². The molecular weight excluding hydrogens is 422 g/mol. The summed E-state index contributed by atoms with van der Waals surface area (Å²) >= 11 is 0.914. The van der Waals surface area contributed by atoms with Crippen LogP contribution in [-0.2, 0) is 10.3 Å². The average molecular weight is 446 g/mol. The second kappa shape index (κ2) is 8.41. The molecule has 0 aliphatic carbocycles. The summed E-state index contributed by atoms with van der Waals surface area (Å²) < 4.78 is 6.20. The maximum Gasteiger partial charge on any atom is 0.290 e. The number of hydrogen-bond donors (Lipinski definition) is 2. The van der Waals surface area contributed by atoms with Crippen molar-refractivity contribution in [1.29, 1.82) is 0 Å². The summed E-state index contributed by atoms with van der Waals surface area (Å²) in [6.07, 6.45) is 3.74. The Bertz CT molecular complexity index is 1230. The zero-order chi connectivity index (χ0) is 22.1. The van der Waals surface area contributed by atoms with Crippen LogP contribution in [0.5, 0.6) is 5.75 Å². The molecule has 6 nitrogen and oxygen atoms in total. The van der Waals surface area contributed by atoms with Gasteiger partial charge in [-0.05, 0) is 79.5 Å². The van der Waals surface area contributed by atoms with Gasteiger partial charge < -0.3 is 10.1 Å². The molecule has 3 aromatic rings.